The molecule has 0 unspecified atom stereocenters. The van der Waals surface area contributed by atoms with E-state index in [1.165, 1.54) is 25.7 Å². The molecule has 1 aromatic rings. The van der Waals surface area contributed by atoms with E-state index >= 15 is 0 Å². The van der Waals surface area contributed by atoms with Crippen LogP contribution in [0.25, 0.3) is 0 Å². The van der Waals surface area contributed by atoms with E-state index in [2.05, 4.69) is 27.0 Å². The molecule has 5 nitrogen and oxygen atoms in total. The van der Waals surface area contributed by atoms with E-state index in [-0.39, 0.29) is 0 Å². The molecule has 0 spiro atoms. The molecule has 2 rings (SSSR count). The van der Waals surface area contributed by atoms with Crippen LogP contribution in [0.5, 0.6) is 5.75 Å². The van der Waals surface area contributed by atoms with E-state index in [0.29, 0.717) is 5.75 Å². The maximum absolute atomic E-state index is 9.98. The predicted molar refractivity (Wildman–Crippen MR) is 97.4 cm³/mol. The van der Waals surface area contributed by atoms with Crippen LogP contribution >= 0.6 is 0 Å². The molecule has 1 aliphatic heterocycles. The number of aromatic hydroxyl groups is 1. The fraction of sp³-hybridized carbons (Fsp3) is 0.611. The zero-order valence-corrected chi connectivity index (χ0v) is 14.5. The Hall–Kier alpha value is -1.91. The molecule has 5 heteroatoms. The normalized spacial score (nSPS) is 15.8. The number of phenols is 1. The summed E-state index contributed by atoms with van der Waals surface area (Å²) in [6.45, 7) is 6.86. The first-order valence-corrected chi connectivity index (χ1v) is 8.74. The van der Waals surface area contributed by atoms with Crippen molar-refractivity contribution in [2.75, 3.05) is 44.7 Å². The third kappa shape index (κ3) is 5.05. The molecule has 1 fully saturated rings. The maximum Gasteiger partial charge on any atom is 0.193 e. The van der Waals surface area contributed by atoms with Crippen molar-refractivity contribution in [1.82, 2.24) is 10.2 Å². The number of aliphatic imine (C=N–C) groups is 1. The number of rotatable bonds is 6. The molecule has 0 atom stereocenters. The van der Waals surface area contributed by atoms with Crippen molar-refractivity contribution in [2.24, 2.45) is 4.99 Å². The highest BCUT2D eigenvalue weighted by Crippen LogP contribution is 2.27. The lowest BCUT2D eigenvalue weighted by Crippen LogP contribution is -2.52. The highest BCUT2D eigenvalue weighted by atomic mass is 16.3. The van der Waals surface area contributed by atoms with Crippen molar-refractivity contribution >= 4 is 11.6 Å². The Labute approximate surface area is 140 Å². The van der Waals surface area contributed by atoms with Gasteiger partial charge in [-0.2, -0.15) is 0 Å². The predicted octanol–water partition coefficient (Wildman–Crippen LogP) is 2.67. The number of piperazine rings is 1. The first kappa shape index (κ1) is 17.4. The molecule has 1 heterocycles. The van der Waals surface area contributed by atoms with Crippen LogP contribution in [0.2, 0.25) is 0 Å². The number of para-hydroxylation sites is 2. The lowest BCUT2D eigenvalue weighted by Gasteiger charge is -2.37. The lowest BCUT2D eigenvalue weighted by atomic mass is 10.2. The van der Waals surface area contributed by atoms with Gasteiger partial charge in [-0.15, -0.1) is 0 Å². The van der Waals surface area contributed by atoms with Crippen molar-refractivity contribution in [3.05, 3.63) is 24.3 Å². The van der Waals surface area contributed by atoms with Gasteiger partial charge in [0.1, 0.15) is 5.75 Å². The molecule has 0 amide bonds. The van der Waals surface area contributed by atoms with Crippen molar-refractivity contribution in [1.29, 1.82) is 0 Å². The lowest BCUT2D eigenvalue weighted by molar-refractivity contribution is 0.369. The standard InChI is InChI=1S/C18H30N4O/c1-3-4-5-8-11-20-18(19-2)22-14-12-21(13-15-22)16-9-6-7-10-17(16)23/h6-7,9-10,23H,3-5,8,11-15H2,1-2H3,(H,19,20). The van der Waals surface area contributed by atoms with Crippen molar-refractivity contribution in [3.63, 3.8) is 0 Å². The first-order chi connectivity index (χ1) is 11.3. The third-order valence-corrected chi connectivity index (χ3v) is 4.33. The molecular formula is C18H30N4O. The largest absolute Gasteiger partial charge is 0.506 e. The smallest absolute Gasteiger partial charge is 0.193 e. The minimum absolute atomic E-state index is 0.361. The molecule has 2 N–H and O–H groups in total. The Bertz CT molecular complexity index is 496. The van der Waals surface area contributed by atoms with Gasteiger partial charge in [-0.3, -0.25) is 4.99 Å². The van der Waals surface area contributed by atoms with Gasteiger partial charge in [-0.1, -0.05) is 38.3 Å². The van der Waals surface area contributed by atoms with Gasteiger partial charge in [0.2, 0.25) is 0 Å². The second-order valence-electron chi connectivity index (χ2n) is 6.00. The number of guanidine groups is 1. The summed E-state index contributed by atoms with van der Waals surface area (Å²) >= 11 is 0. The minimum Gasteiger partial charge on any atom is -0.506 e. The second kappa shape index (κ2) is 9.28. The number of nitrogens with one attached hydrogen (secondary N) is 1. The van der Waals surface area contributed by atoms with E-state index in [9.17, 15) is 5.11 Å². The fourth-order valence-corrected chi connectivity index (χ4v) is 2.97. The van der Waals surface area contributed by atoms with Crippen molar-refractivity contribution in [3.8, 4) is 5.75 Å². The average Bonchev–Trinajstić information content (AvgIpc) is 2.59. The highest BCUT2D eigenvalue weighted by molar-refractivity contribution is 5.80. The van der Waals surface area contributed by atoms with Crippen LogP contribution in [0.1, 0.15) is 32.6 Å². The summed E-state index contributed by atoms with van der Waals surface area (Å²) in [4.78, 5) is 8.95. The van der Waals surface area contributed by atoms with Crippen LogP contribution in [0.15, 0.2) is 29.3 Å². The molecule has 1 aliphatic rings. The summed E-state index contributed by atoms with van der Waals surface area (Å²) in [5, 5.41) is 13.5. The summed E-state index contributed by atoms with van der Waals surface area (Å²) in [6.07, 6.45) is 5.05. The number of hydrogen-bond acceptors (Lipinski definition) is 3. The van der Waals surface area contributed by atoms with E-state index < -0.39 is 0 Å². The Morgan fingerprint density at radius 2 is 1.87 bits per heavy atom. The van der Waals surface area contributed by atoms with Crippen molar-refractivity contribution < 1.29 is 5.11 Å². The molecule has 128 valence electrons. The van der Waals surface area contributed by atoms with Gasteiger partial charge in [0.15, 0.2) is 5.96 Å². The van der Waals surface area contributed by atoms with Gasteiger partial charge in [0.05, 0.1) is 5.69 Å². The van der Waals surface area contributed by atoms with Gasteiger partial charge in [-0.05, 0) is 18.6 Å². The minimum atomic E-state index is 0.361. The monoisotopic (exact) mass is 318 g/mol. The SMILES string of the molecule is CCCCCCNC(=NC)N1CCN(c2ccccc2O)CC1. The van der Waals surface area contributed by atoms with Crippen LogP contribution in [0, 0.1) is 0 Å². The van der Waals surface area contributed by atoms with E-state index in [1.807, 2.05) is 25.2 Å². The number of nitrogens with zero attached hydrogens (tertiary/aromatic N) is 3. The zero-order chi connectivity index (χ0) is 16.5. The summed E-state index contributed by atoms with van der Waals surface area (Å²) in [5.41, 5.74) is 0.926. The number of hydrogen-bond donors (Lipinski definition) is 2. The molecule has 0 bridgehead atoms. The summed E-state index contributed by atoms with van der Waals surface area (Å²) < 4.78 is 0. The molecule has 0 aromatic heterocycles. The summed E-state index contributed by atoms with van der Waals surface area (Å²) in [6, 6.07) is 7.56. The van der Waals surface area contributed by atoms with Crippen molar-refractivity contribution in [2.45, 2.75) is 32.6 Å². The average molecular weight is 318 g/mol. The second-order valence-corrected chi connectivity index (χ2v) is 6.00. The van der Waals surface area contributed by atoms with Crippen LogP contribution in [-0.4, -0.2) is 55.7 Å². The maximum atomic E-state index is 9.98. The molecule has 0 radical (unpaired) electrons. The Morgan fingerprint density at radius 1 is 1.13 bits per heavy atom. The topological polar surface area (TPSA) is 51.1 Å². The number of unbranched alkanes of at least 4 members (excludes halogenated alkanes) is 3. The number of benzene rings is 1. The third-order valence-electron chi connectivity index (χ3n) is 4.33. The molecule has 0 saturated carbocycles. The van der Waals surface area contributed by atoms with Gasteiger partial charge in [0.25, 0.3) is 0 Å². The molecule has 1 aromatic carbocycles. The first-order valence-electron chi connectivity index (χ1n) is 8.74. The van der Waals surface area contributed by atoms with Gasteiger partial charge < -0.3 is 20.2 Å². The number of anilines is 1. The Balaban J connectivity index is 1.79. The van der Waals surface area contributed by atoms with E-state index in [0.717, 1.165) is 44.4 Å². The Morgan fingerprint density at radius 3 is 2.52 bits per heavy atom. The van der Waals surface area contributed by atoms with Gasteiger partial charge >= 0.3 is 0 Å². The summed E-state index contributed by atoms with van der Waals surface area (Å²) in [7, 11) is 1.85. The van der Waals surface area contributed by atoms with E-state index in [4.69, 9.17) is 0 Å². The van der Waals surface area contributed by atoms with Crippen LogP contribution in [0.3, 0.4) is 0 Å². The van der Waals surface area contributed by atoms with Crippen LogP contribution in [-0.2, 0) is 0 Å². The quantitative estimate of drug-likeness (QED) is 0.481. The zero-order valence-electron chi connectivity index (χ0n) is 14.5. The molecular weight excluding hydrogens is 288 g/mol. The fourth-order valence-electron chi connectivity index (χ4n) is 2.97. The van der Waals surface area contributed by atoms with Gasteiger partial charge in [0, 0.05) is 39.8 Å². The van der Waals surface area contributed by atoms with E-state index in [1.54, 1.807) is 6.07 Å². The molecule has 0 aliphatic carbocycles. The highest BCUT2D eigenvalue weighted by Gasteiger charge is 2.20. The summed E-state index contributed by atoms with van der Waals surface area (Å²) in [5.74, 6) is 1.36. The van der Waals surface area contributed by atoms with Crippen LogP contribution in [0.4, 0.5) is 5.69 Å². The molecule has 23 heavy (non-hydrogen) atoms. The van der Waals surface area contributed by atoms with Crippen LogP contribution < -0.4 is 10.2 Å². The number of phenolic OH excluding ortho intramolecular Hbond substituents is 1. The van der Waals surface area contributed by atoms with Gasteiger partial charge in [-0.25, -0.2) is 0 Å². The Kier molecular flexibility index (Phi) is 7.04. The molecule has 1 saturated heterocycles.